The number of amides is 1. The lowest BCUT2D eigenvalue weighted by atomic mass is 10.1. The standard InChI is InChI=1S/C9H11N3O2/c1-3-7-4-8(13)12(5-7)9-11-10-6(2)14-9/h3,7H,1,4-5H2,2H3. The molecule has 1 aromatic rings. The summed E-state index contributed by atoms with van der Waals surface area (Å²) in [5.74, 6) is 0.670. The van der Waals surface area contributed by atoms with Gasteiger partial charge in [-0.1, -0.05) is 11.2 Å². The number of aryl methyl sites for hydroxylation is 1. The fourth-order valence-electron chi connectivity index (χ4n) is 1.47. The van der Waals surface area contributed by atoms with Crippen LogP contribution in [0, 0.1) is 12.8 Å². The third-order valence-electron chi connectivity index (χ3n) is 2.23. The van der Waals surface area contributed by atoms with Crippen molar-refractivity contribution in [2.45, 2.75) is 13.3 Å². The highest BCUT2D eigenvalue weighted by Crippen LogP contribution is 2.23. The zero-order valence-corrected chi connectivity index (χ0v) is 7.93. The maximum atomic E-state index is 11.5. The van der Waals surface area contributed by atoms with E-state index in [1.54, 1.807) is 13.0 Å². The third-order valence-corrected chi connectivity index (χ3v) is 2.23. The molecule has 1 aromatic heterocycles. The Bertz CT molecular complexity index is 372. The Morgan fingerprint density at radius 1 is 1.64 bits per heavy atom. The molecule has 1 aliphatic rings. The third kappa shape index (κ3) is 1.41. The Morgan fingerprint density at radius 3 is 2.93 bits per heavy atom. The summed E-state index contributed by atoms with van der Waals surface area (Å²) >= 11 is 0. The lowest BCUT2D eigenvalue weighted by Crippen LogP contribution is -2.24. The number of hydrogen-bond acceptors (Lipinski definition) is 4. The van der Waals surface area contributed by atoms with Crippen LogP contribution in [-0.4, -0.2) is 22.6 Å². The molecule has 14 heavy (non-hydrogen) atoms. The van der Waals surface area contributed by atoms with E-state index in [-0.39, 0.29) is 17.8 Å². The highest BCUT2D eigenvalue weighted by Gasteiger charge is 2.31. The molecule has 5 nitrogen and oxygen atoms in total. The Kier molecular flexibility index (Phi) is 2.07. The van der Waals surface area contributed by atoms with Gasteiger partial charge in [-0.05, 0) is 0 Å². The molecule has 0 radical (unpaired) electrons. The van der Waals surface area contributed by atoms with Crippen molar-refractivity contribution in [1.82, 2.24) is 10.2 Å². The summed E-state index contributed by atoms with van der Waals surface area (Å²) in [6.45, 7) is 5.95. The van der Waals surface area contributed by atoms with Crippen LogP contribution in [-0.2, 0) is 4.79 Å². The number of carbonyl (C=O) groups excluding carboxylic acids is 1. The Labute approximate surface area is 81.4 Å². The number of hydrogen-bond donors (Lipinski definition) is 0. The first-order valence-electron chi connectivity index (χ1n) is 4.43. The Balaban J connectivity index is 2.20. The highest BCUT2D eigenvalue weighted by atomic mass is 16.4. The van der Waals surface area contributed by atoms with Crippen molar-refractivity contribution in [3.05, 3.63) is 18.5 Å². The molecule has 0 bridgehead atoms. The molecule has 1 unspecified atom stereocenters. The molecule has 0 saturated carbocycles. The van der Waals surface area contributed by atoms with E-state index in [1.807, 2.05) is 0 Å². The predicted octanol–water partition coefficient (Wildman–Crippen LogP) is 0.917. The largest absolute Gasteiger partial charge is 0.408 e. The van der Waals surface area contributed by atoms with Gasteiger partial charge in [0, 0.05) is 25.8 Å². The number of anilines is 1. The number of nitrogens with zero attached hydrogens (tertiary/aromatic N) is 3. The molecule has 5 heteroatoms. The molecule has 2 rings (SSSR count). The molecule has 0 N–H and O–H groups in total. The van der Waals surface area contributed by atoms with Gasteiger partial charge in [-0.3, -0.25) is 9.69 Å². The molecule has 1 saturated heterocycles. The van der Waals surface area contributed by atoms with Crippen molar-refractivity contribution < 1.29 is 9.21 Å². The Hall–Kier alpha value is -1.65. The number of aromatic nitrogens is 2. The minimum Gasteiger partial charge on any atom is -0.408 e. The van der Waals surface area contributed by atoms with Crippen LogP contribution in [0.4, 0.5) is 6.01 Å². The van der Waals surface area contributed by atoms with Gasteiger partial charge in [-0.15, -0.1) is 11.7 Å². The fourth-order valence-corrected chi connectivity index (χ4v) is 1.47. The molecule has 0 spiro atoms. The topological polar surface area (TPSA) is 59.2 Å². The van der Waals surface area contributed by atoms with Crippen molar-refractivity contribution in [3.63, 3.8) is 0 Å². The minimum absolute atomic E-state index is 0.0125. The minimum atomic E-state index is 0.0125. The van der Waals surface area contributed by atoms with Crippen LogP contribution in [0.1, 0.15) is 12.3 Å². The first-order valence-corrected chi connectivity index (χ1v) is 4.43. The number of carbonyl (C=O) groups is 1. The molecule has 1 amide bonds. The van der Waals surface area contributed by atoms with Gasteiger partial charge in [0.15, 0.2) is 0 Å². The fraction of sp³-hybridized carbons (Fsp3) is 0.444. The van der Waals surface area contributed by atoms with Crippen molar-refractivity contribution in [2.24, 2.45) is 5.92 Å². The molecular formula is C9H11N3O2. The van der Waals surface area contributed by atoms with E-state index in [2.05, 4.69) is 16.8 Å². The summed E-state index contributed by atoms with van der Waals surface area (Å²) in [6.07, 6.45) is 2.26. The second-order valence-electron chi connectivity index (χ2n) is 3.31. The monoisotopic (exact) mass is 193 g/mol. The summed E-state index contributed by atoms with van der Waals surface area (Å²) in [7, 11) is 0. The van der Waals surface area contributed by atoms with Crippen LogP contribution in [0.3, 0.4) is 0 Å². The molecule has 0 aromatic carbocycles. The molecular weight excluding hydrogens is 182 g/mol. The maximum Gasteiger partial charge on any atom is 0.325 e. The van der Waals surface area contributed by atoms with Crippen LogP contribution in [0.2, 0.25) is 0 Å². The van der Waals surface area contributed by atoms with Gasteiger partial charge in [-0.25, -0.2) is 0 Å². The van der Waals surface area contributed by atoms with E-state index in [1.165, 1.54) is 4.90 Å². The first kappa shape index (κ1) is 8.93. The van der Waals surface area contributed by atoms with Gasteiger partial charge < -0.3 is 4.42 Å². The molecule has 0 aliphatic carbocycles. The van der Waals surface area contributed by atoms with Gasteiger partial charge in [0.25, 0.3) is 0 Å². The van der Waals surface area contributed by atoms with E-state index in [9.17, 15) is 4.79 Å². The normalized spacial score (nSPS) is 21.6. The summed E-state index contributed by atoms with van der Waals surface area (Å²) in [4.78, 5) is 13.0. The van der Waals surface area contributed by atoms with Gasteiger partial charge in [-0.2, -0.15) is 0 Å². The zero-order chi connectivity index (χ0) is 10.1. The molecule has 1 atom stereocenters. The van der Waals surface area contributed by atoms with Gasteiger partial charge >= 0.3 is 6.01 Å². The van der Waals surface area contributed by atoms with Crippen LogP contribution in [0.15, 0.2) is 17.1 Å². The first-order chi connectivity index (χ1) is 6.70. The van der Waals surface area contributed by atoms with Crippen molar-refractivity contribution in [2.75, 3.05) is 11.4 Å². The quantitative estimate of drug-likeness (QED) is 0.655. The Morgan fingerprint density at radius 2 is 2.43 bits per heavy atom. The van der Waals surface area contributed by atoms with Crippen LogP contribution < -0.4 is 4.90 Å². The van der Waals surface area contributed by atoms with E-state index in [0.29, 0.717) is 18.9 Å². The molecule has 2 heterocycles. The predicted molar refractivity (Wildman–Crippen MR) is 49.7 cm³/mol. The summed E-state index contributed by atoms with van der Waals surface area (Å²) in [6, 6.07) is 0.289. The van der Waals surface area contributed by atoms with E-state index in [0.717, 1.165) is 0 Å². The average Bonchev–Trinajstić information content (AvgIpc) is 2.71. The van der Waals surface area contributed by atoms with Crippen molar-refractivity contribution in [3.8, 4) is 0 Å². The molecule has 1 aliphatic heterocycles. The lowest BCUT2D eigenvalue weighted by Gasteiger charge is -2.08. The van der Waals surface area contributed by atoms with Crippen LogP contribution in [0.5, 0.6) is 0 Å². The van der Waals surface area contributed by atoms with E-state index >= 15 is 0 Å². The second kappa shape index (κ2) is 3.25. The molecule has 74 valence electrons. The summed E-state index contributed by atoms with van der Waals surface area (Å²) in [5.41, 5.74) is 0. The lowest BCUT2D eigenvalue weighted by molar-refractivity contribution is -0.117. The summed E-state index contributed by atoms with van der Waals surface area (Å²) in [5, 5.41) is 7.48. The van der Waals surface area contributed by atoms with Crippen molar-refractivity contribution >= 4 is 11.9 Å². The zero-order valence-electron chi connectivity index (χ0n) is 7.93. The number of rotatable bonds is 2. The van der Waals surface area contributed by atoms with E-state index < -0.39 is 0 Å². The van der Waals surface area contributed by atoms with Gasteiger partial charge in [0.2, 0.25) is 11.8 Å². The van der Waals surface area contributed by atoms with Crippen LogP contribution >= 0.6 is 0 Å². The maximum absolute atomic E-state index is 11.5. The van der Waals surface area contributed by atoms with Gasteiger partial charge in [0.1, 0.15) is 0 Å². The highest BCUT2D eigenvalue weighted by molar-refractivity contribution is 5.93. The summed E-state index contributed by atoms with van der Waals surface area (Å²) < 4.78 is 5.18. The van der Waals surface area contributed by atoms with Gasteiger partial charge in [0.05, 0.1) is 0 Å². The molecule has 1 fully saturated rings. The van der Waals surface area contributed by atoms with E-state index in [4.69, 9.17) is 4.42 Å². The second-order valence-corrected chi connectivity index (χ2v) is 3.31. The average molecular weight is 193 g/mol. The SMILES string of the molecule is C=CC1CC(=O)N(c2nnc(C)o2)C1. The smallest absolute Gasteiger partial charge is 0.325 e. The van der Waals surface area contributed by atoms with Crippen molar-refractivity contribution in [1.29, 1.82) is 0 Å². The van der Waals surface area contributed by atoms with Crippen LogP contribution in [0.25, 0.3) is 0 Å².